The first kappa shape index (κ1) is 15.5. The summed E-state index contributed by atoms with van der Waals surface area (Å²) in [5.74, 6) is 0. The van der Waals surface area contributed by atoms with E-state index in [1.807, 2.05) is 0 Å². The van der Waals surface area contributed by atoms with E-state index in [1.165, 1.54) is 24.3 Å². The molecule has 0 bridgehead atoms. The molecule has 0 fully saturated rings. The smallest absolute Gasteiger partial charge is 0.169 e. The second-order valence-corrected chi connectivity index (χ2v) is 5.46. The Morgan fingerprint density at radius 2 is 1.24 bits per heavy atom. The number of nitrogens with zero attached hydrogens (tertiary/aromatic N) is 1. The fourth-order valence-corrected chi connectivity index (χ4v) is 1.96. The molecular weight excluding hydrogens is 307 g/mol. The molecule has 2 aromatic rings. The molecule has 8 heteroatoms. The molecule has 0 heterocycles. The van der Waals surface area contributed by atoms with Gasteiger partial charge in [-0.1, -0.05) is 36.4 Å². The first-order chi connectivity index (χ1) is 9.81. The van der Waals surface area contributed by atoms with Crippen LogP contribution in [-0.4, -0.2) is 5.51 Å². The lowest BCUT2D eigenvalue weighted by Crippen LogP contribution is -2.36. The summed E-state index contributed by atoms with van der Waals surface area (Å²) in [5.41, 5.74) is -5.21. The van der Waals surface area contributed by atoms with Crippen molar-refractivity contribution in [2.45, 2.75) is 5.51 Å². The predicted octanol–water partition coefficient (Wildman–Crippen LogP) is 4.04. The predicted molar refractivity (Wildman–Crippen MR) is 70.9 cm³/mol. The average molecular weight is 317 g/mol. The monoisotopic (exact) mass is 317 g/mol. The van der Waals surface area contributed by atoms with Crippen molar-refractivity contribution in [3.63, 3.8) is 0 Å². The standard InChI is InChI=1S/C13H10F3NO3S/c14-13(15,16)21(18,19)20-17(11-7-3-1-4-8-11)12-9-5-2-6-10-12/h1-10H/q+1. The Morgan fingerprint density at radius 3 is 1.57 bits per heavy atom. The van der Waals surface area contributed by atoms with Crippen LogP contribution in [0.3, 0.4) is 0 Å². The molecule has 0 saturated heterocycles. The lowest BCUT2D eigenvalue weighted by molar-refractivity contribution is -0.0663. The highest BCUT2D eigenvalue weighted by Gasteiger charge is 2.66. The van der Waals surface area contributed by atoms with Crippen molar-refractivity contribution in [2.75, 3.05) is 5.06 Å². The van der Waals surface area contributed by atoms with E-state index >= 15 is 0 Å². The second-order valence-electron chi connectivity index (χ2n) is 3.94. The molecule has 0 N–H and O–H groups in total. The normalized spacial score (nSPS) is 14.5. The van der Waals surface area contributed by atoms with Crippen LogP contribution in [0.2, 0.25) is 0 Å². The van der Waals surface area contributed by atoms with Gasteiger partial charge in [0.25, 0.3) is 0 Å². The number of anilines is 2. The molecule has 0 aliphatic heterocycles. The number of rotatable bonds is 4. The van der Waals surface area contributed by atoms with E-state index < -0.39 is 16.0 Å². The number of benzene rings is 2. The van der Waals surface area contributed by atoms with Gasteiger partial charge in [0, 0.05) is 0 Å². The Balaban J connectivity index is 2.42. The third-order valence-corrected chi connectivity index (χ3v) is 3.35. The highest BCUT2D eigenvalue weighted by atomic mass is 32.3. The zero-order valence-electron chi connectivity index (χ0n) is 10.5. The Morgan fingerprint density at radius 1 is 0.857 bits per heavy atom. The van der Waals surface area contributed by atoms with E-state index in [0.717, 1.165) is 0 Å². The van der Waals surface area contributed by atoms with E-state index in [4.69, 9.17) is 0 Å². The van der Waals surface area contributed by atoms with Gasteiger partial charge in [0.1, 0.15) is 0 Å². The van der Waals surface area contributed by atoms with Gasteiger partial charge in [-0.25, -0.2) is 0 Å². The van der Waals surface area contributed by atoms with Gasteiger partial charge in [0.05, 0.1) is 15.9 Å². The maximum Gasteiger partial charge on any atom is 0.647 e. The van der Waals surface area contributed by atoms with Gasteiger partial charge in [-0.2, -0.15) is 5.06 Å². The summed E-state index contributed by atoms with van der Waals surface area (Å²) >= 11 is 0. The molecule has 0 aliphatic carbocycles. The van der Waals surface area contributed by atoms with E-state index in [0.29, 0.717) is 5.06 Å². The molecule has 1 radical (unpaired) electrons. The lowest BCUT2D eigenvalue weighted by Gasteiger charge is -2.19. The fourth-order valence-electron chi connectivity index (χ4n) is 1.50. The van der Waals surface area contributed by atoms with Crippen molar-refractivity contribution in [1.82, 2.24) is 0 Å². The summed E-state index contributed by atoms with van der Waals surface area (Å²) in [4.78, 5) is 0. The third-order valence-electron chi connectivity index (χ3n) is 2.44. The molecule has 4 nitrogen and oxygen atoms in total. The largest absolute Gasteiger partial charge is 0.647 e. The lowest BCUT2D eigenvalue weighted by atomic mass is 10.2. The van der Waals surface area contributed by atoms with Crippen molar-refractivity contribution in [2.24, 2.45) is 0 Å². The van der Waals surface area contributed by atoms with Gasteiger partial charge in [-0.15, -0.1) is 13.2 Å². The summed E-state index contributed by atoms with van der Waals surface area (Å²) in [6.07, 6.45) is 0. The summed E-state index contributed by atoms with van der Waals surface area (Å²) < 4.78 is 64.2. The molecule has 111 valence electrons. The van der Waals surface area contributed by atoms with Crippen LogP contribution in [-0.2, 0) is 23.5 Å². The Hall–Kier alpha value is -1.90. The van der Waals surface area contributed by atoms with E-state index in [1.54, 1.807) is 36.4 Å². The van der Waals surface area contributed by atoms with Crippen LogP contribution >= 0.6 is 0 Å². The van der Waals surface area contributed by atoms with E-state index in [2.05, 4.69) is 4.28 Å². The molecule has 0 spiro atoms. The summed E-state index contributed by atoms with van der Waals surface area (Å²) in [6.45, 7) is 0. The molecule has 0 aliphatic rings. The SMILES string of the molecule is [O][S+](=O)(ON(c1ccccc1)c1ccccc1)C(F)(F)F. The van der Waals surface area contributed by atoms with Gasteiger partial charge < -0.3 is 0 Å². The van der Waals surface area contributed by atoms with E-state index in [9.17, 15) is 21.9 Å². The second kappa shape index (κ2) is 5.84. The van der Waals surface area contributed by atoms with Crippen LogP contribution in [0.15, 0.2) is 60.7 Å². The van der Waals surface area contributed by atoms with Gasteiger partial charge in [-0.3, -0.25) is 0 Å². The van der Waals surface area contributed by atoms with Crippen molar-refractivity contribution in [1.29, 1.82) is 0 Å². The first-order valence-electron chi connectivity index (χ1n) is 5.72. The number of para-hydroxylation sites is 2. The van der Waals surface area contributed by atoms with Crippen molar-refractivity contribution in [3.05, 3.63) is 60.7 Å². The van der Waals surface area contributed by atoms with Crippen LogP contribution in [0, 0.1) is 0 Å². The zero-order valence-corrected chi connectivity index (χ0v) is 11.3. The van der Waals surface area contributed by atoms with Crippen LogP contribution in [0.5, 0.6) is 0 Å². The van der Waals surface area contributed by atoms with Crippen LogP contribution in [0.1, 0.15) is 0 Å². The third kappa shape index (κ3) is 3.60. The summed E-state index contributed by atoms with van der Waals surface area (Å²) in [6, 6.07) is 15.2. The number of alkyl halides is 3. The maximum absolute atomic E-state index is 12.5. The van der Waals surface area contributed by atoms with Crippen LogP contribution < -0.4 is 5.06 Å². The van der Waals surface area contributed by atoms with Gasteiger partial charge in [-0.05, 0) is 32.8 Å². The maximum atomic E-state index is 12.5. The number of hydrogen-bond acceptors (Lipinski definition) is 3. The van der Waals surface area contributed by atoms with Gasteiger partial charge in [0.15, 0.2) is 0 Å². The van der Waals surface area contributed by atoms with Gasteiger partial charge in [0.2, 0.25) is 0 Å². The summed E-state index contributed by atoms with van der Waals surface area (Å²) in [5, 5.41) is 0.614. The number of hydrogen-bond donors (Lipinski definition) is 0. The van der Waals surface area contributed by atoms with Crippen molar-refractivity contribution in [3.8, 4) is 0 Å². The topological polar surface area (TPSA) is 49.4 Å². The first-order valence-corrected chi connectivity index (χ1v) is 7.13. The quantitative estimate of drug-likeness (QED) is 0.632. The fraction of sp³-hybridized carbons (Fsp3) is 0.0769. The van der Waals surface area contributed by atoms with Crippen LogP contribution in [0.25, 0.3) is 0 Å². The van der Waals surface area contributed by atoms with Crippen molar-refractivity contribution >= 4 is 21.9 Å². The Bertz CT molecular complexity index is 595. The number of halogens is 3. The molecule has 2 rings (SSSR count). The molecule has 21 heavy (non-hydrogen) atoms. The Kier molecular flexibility index (Phi) is 4.31. The molecular formula is C13H10F3NO3S+. The highest BCUT2D eigenvalue weighted by molar-refractivity contribution is 7.93. The average Bonchev–Trinajstić information content (AvgIpc) is 2.45. The molecule has 1 atom stereocenters. The molecule has 2 aromatic carbocycles. The Labute approximate surface area is 120 Å². The van der Waals surface area contributed by atoms with Crippen molar-refractivity contribution < 1.29 is 26.2 Å². The molecule has 0 amide bonds. The molecule has 0 aromatic heterocycles. The zero-order chi connectivity index (χ0) is 15.5. The van der Waals surface area contributed by atoms with E-state index in [-0.39, 0.29) is 11.4 Å². The highest BCUT2D eigenvalue weighted by Crippen LogP contribution is 2.35. The summed E-state index contributed by atoms with van der Waals surface area (Å²) in [7, 11) is -5.77. The minimum absolute atomic E-state index is 0.150. The van der Waals surface area contributed by atoms with Crippen LogP contribution in [0.4, 0.5) is 24.5 Å². The minimum Gasteiger partial charge on any atom is -0.169 e. The molecule has 0 saturated carbocycles. The van der Waals surface area contributed by atoms with Gasteiger partial charge >= 0.3 is 16.0 Å². The molecule has 1 unspecified atom stereocenters. The minimum atomic E-state index is -5.77.